The Morgan fingerprint density at radius 1 is 0.634 bits per heavy atom. The van der Waals surface area contributed by atoms with E-state index >= 15 is 0 Å². The third kappa shape index (κ3) is 11.1. The molecule has 3 aromatic rings. The molecule has 3 rings (SSSR count). The second kappa shape index (κ2) is 16.4. The molecule has 2 aromatic carbocycles. The average Bonchev–Trinajstić information content (AvgIpc) is 3.26. The van der Waals surface area contributed by atoms with Gasteiger partial charge in [-0.2, -0.15) is 16.8 Å². The first-order valence-electron chi connectivity index (χ1n) is 15.1. The molecule has 0 spiro atoms. The molecule has 1 aromatic heterocycles. The zero-order chi connectivity index (χ0) is 29.7. The molecular weight excluding hydrogens is 560 g/mol. The first-order valence-corrected chi connectivity index (χ1v) is 18.0. The molecule has 0 bridgehead atoms. The lowest BCUT2D eigenvalue weighted by Gasteiger charge is -2.10. The van der Waals surface area contributed by atoms with Crippen LogP contribution < -0.4 is 0 Å². The molecule has 0 saturated carbocycles. The van der Waals surface area contributed by atoms with E-state index in [-0.39, 0.29) is 9.79 Å². The summed E-state index contributed by atoms with van der Waals surface area (Å²) in [7, 11) is -8.62. The molecular formula is C31H46N2O6S2. The lowest BCUT2D eigenvalue weighted by molar-refractivity contribution is 0.481. The van der Waals surface area contributed by atoms with Crippen molar-refractivity contribution in [1.29, 1.82) is 0 Å². The van der Waals surface area contributed by atoms with Crippen LogP contribution in [0.3, 0.4) is 0 Å². The lowest BCUT2D eigenvalue weighted by Crippen LogP contribution is -2.06. The van der Waals surface area contributed by atoms with Crippen LogP contribution in [0.1, 0.15) is 115 Å². The van der Waals surface area contributed by atoms with Crippen LogP contribution in [0.5, 0.6) is 0 Å². The summed E-state index contributed by atoms with van der Waals surface area (Å²) in [5.74, 6) is 0.807. The van der Waals surface area contributed by atoms with Gasteiger partial charge in [0.15, 0.2) is 0 Å². The van der Waals surface area contributed by atoms with Crippen LogP contribution in [-0.2, 0) is 33.2 Å². The number of benzene rings is 2. The topological polar surface area (TPSA) is 127 Å². The van der Waals surface area contributed by atoms with Gasteiger partial charge in [-0.05, 0) is 42.3 Å². The number of imidazole rings is 1. The molecule has 0 aliphatic rings. The average molecular weight is 607 g/mol. The number of aryl methyl sites for hydroxylation is 1. The summed E-state index contributed by atoms with van der Waals surface area (Å²) in [5.41, 5.74) is 2.02. The van der Waals surface area contributed by atoms with Crippen molar-refractivity contribution >= 4 is 31.3 Å². The van der Waals surface area contributed by atoms with Crippen LogP contribution in [0.4, 0.5) is 0 Å². The fraction of sp³-hybridized carbons (Fsp3) is 0.581. The normalized spacial score (nSPS) is 12.4. The number of unbranched alkanes of at least 4 members (excludes halogenated alkanes) is 14. The Morgan fingerprint density at radius 2 is 1.10 bits per heavy atom. The van der Waals surface area contributed by atoms with Crippen molar-refractivity contribution in [2.24, 2.45) is 0 Å². The molecule has 2 N–H and O–H groups in total. The van der Waals surface area contributed by atoms with Gasteiger partial charge in [0.1, 0.15) is 5.82 Å². The maximum atomic E-state index is 11.7. The van der Waals surface area contributed by atoms with Crippen molar-refractivity contribution in [3.63, 3.8) is 0 Å². The maximum absolute atomic E-state index is 11.7. The van der Waals surface area contributed by atoms with Gasteiger partial charge in [-0.15, -0.1) is 0 Å². The van der Waals surface area contributed by atoms with Gasteiger partial charge < -0.3 is 4.57 Å². The van der Waals surface area contributed by atoms with E-state index in [1.165, 1.54) is 108 Å². The Balaban J connectivity index is 1.50. The Morgan fingerprint density at radius 3 is 1.59 bits per heavy atom. The fourth-order valence-corrected chi connectivity index (χ4v) is 6.27. The minimum absolute atomic E-state index is 0.174. The number of hydrogen-bond acceptors (Lipinski definition) is 5. The quantitative estimate of drug-likeness (QED) is 0.0985. The van der Waals surface area contributed by atoms with E-state index in [1.54, 1.807) is 18.2 Å². The van der Waals surface area contributed by atoms with E-state index in [0.717, 1.165) is 36.2 Å². The zero-order valence-corrected chi connectivity index (χ0v) is 25.9. The van der Waals surface area contributed by atoms with Gasteiger partial charge in [-0.1, -0.05) is 109 Å². The molecule has 41 heavy (non-hydrogen) atoms. The predicted octanol–water partition coefficient (Wildman–Crippen LogP) is 7.99. The van der Waals surface area contributed by atoms with E-state index in [0.29, 0.717) is 12.1 Å². The van der Waals surface area contributed by atoms with Gasteiger partial charge in [0.05, 0.1) is 20.8 Å². The predicted molar refractivity (Wildman–Crippen MR) is 164 cm³/mol. The van der Waals surface area contributed by atoms with Gasteiger partial charge >= 0.3 is 0 Å². The molecule has 0 amide bonds. The Bertz CT molecular complexity index is 1430. The van der Waals surface area contributed by atoms with Crippen LogP contribution >= 0.6 is 0 Å². The summed E-state index contributed by atoms with van der Waals surface area (Å²) in [4.78, 5) is 4.32. The molecule has 10 heteroatoms. The summed E-state index contributed by atoms with van der Waals surface area (Å²) in [5, 5.41) is 0. The third-order valence-corrected chi connectivity index (χ3v) is 9.38. The molecule has 0 aliphatic carbocycles. The Labute approximate surface area is 246 Å². The first kappa shape index (κ1) is 33.2. The minimum Gasteiger partial charge on any atom is -0.323 e. The van der Waals surface area contributed by atoms with E-state index in [4.69, 9.17) is 4.98 Å². The van der Waals surface area contributed by atoms with Crippen molar-refractivity contribution in [1.82, 2.24) is 9.55 Å². The summed E-state index contributed by atoms with van der Waals surface area (Å²) < 4.78 is 66.8. The lowest BCUT2D eigenvalue weighted by atomic mass is 10.0. The maximum Gasteiger partial charge on any atom is 0.294 e. The number of fused-ring (bicyclic) bond motifs is 1. The second-order valence-corrected chi connectivity index (χ2v) is 13.9. The van der Waals surface area contributed by atoms with Crippen LogP contribution in [0.2, 0.25) is 0 Å². The Hall–Kier alpha value is -2.27. The van der Waals surface area contributed by atoms with Gasteiger partial charge in [-0.3, -0.25) is 9.11 Å². The summed E-state index contributed by atoms with van der Waals surface area (Å²) in [6, 6.07) is 10.3. The van der Waals surface area contributed by atoms with Gasteiger partial charge in [0, 0.05) is 13.0 Å². The molecule has 0 atom stereocenters. The molecule has 228 valence electrons. The molecule has 0 saturated heterocycles. The number of hydrogen-bond donors (Lipinski definition) is 2. The van der Waals surface area contributed by atoms with E-state index in [2.05, 4.69) is 6.92 Å². The highest BCUT2D eigenvalue weighted by Gasteiger charge is 2.16. The van der Waals surface area contributed by atoms with Crippen molar-refractivity contribution in [2.75, 3.05) is 0 Å². The van der Waals surface area contributed by atoms with E-state index < -0.39 is 20.2 Å². The monoisotopic (exact) mass is 606 g/mol. The molecule has 8 nitrogen and oxygen atoms in total. The summed E-state index contributed by atoms with van der Waals surface area (Å²) in [6.07, 6.45) is 20.0. The van der Waals surface area contributed by atoms with Crippen LogP contribution in [0, 0.1) is 0 Å². The minimum atomic E-state index is -4.35. The standard InChI is InChI=1S/C31H46N2O6S2/c1-2-3-4-5-6-7-8-9-10-11-12-13-14-15-16-17-31-32-29-24-28(41(37,38)39)22-23-30(29)33(31)25-26-18-20-27(21-19-26)40(34,35)36/h18-24H,2-17,25H2,1H3,(H,34,35,36)(H,37,38,39). The largest absolute Gasteiger partial charge is 0.323 e. The Kier molecular flexibility index (Phi) is 13.3. The van der Waals surface area contributed by atoms with Crippen LogP contribution in [0.25, 0.3) is 11.0 Å². The highest BCUT2D eigenvalue weighted by atomic mass is 32.2. The summed E-state index contributed by atoms with van der Waals surface area (Å²) >= 11 is 0. The van der Waals surface area contributed by atoms with E-state index in [1.807, 2.05) is 4.57 Å². The highest BCUT2D eigenvalue weighted by molar-refractivity contribution is 7.86. The van der Waals surface area contributed by atoms with Gasteiger partial charge in [-0.25, -0.2) is 4.98 Å². The molecule has 0 aliphatic heterocycles. The smallest absolute Gasteiger partial charge is 0.294 e. The molecule has 0 unspecified atom stereocenters. The van der Waals surface area contributed by atoms with Crippen molar-refractivity contribution < 1.29 is 25.9 Å². The third-order valence-electron chi connectivity index (χ3n) is 7.66. The fourth-order valence-electron chi connectivity index (χ4n) is 5.29. The van der Waals surface area contributed by atoms with Crippen LogP contribution in [0.15, 0.2) is 52.3 Å². The first-order chi connectivity index (χ1) is 19.6. The highest BCUT2D eigenvalue weighted by Crippen LogP contribution is 2.24. The molecule has 0 radical (unpaired) electrons. The number of rotatable bonds is 20. The SMILES string of the molecule is CCCCCCCCCCCCCCCCCc1nc2cc(S(=O)(=O)O)ccc2n1Cc1ccc(S(=O)(=O)O)cc1. The van der Waals surface area contributed by atoms with Crippen molar-refractivity contribution in [3.05, 3.63) is 53.9 Å². The van der Waals surface area contributed by atoms with Crippen molar-refractivity contribution in [3.8, 4) is 0 Å². The summed E-state index contributed by atoms with van der Waals surface area (Å²) in [6.45, 7) is 2.66. The second-order valence-electron chi connectivity index (χ2n) is 11.1. The van der Waals surface area contributed by atoms with Gasteiger partial charge in [0.25, 0.3) is 20.2 Å². The van der Waals surface area contributed by atoms with E-state index in [9.17, 15) is 25.9 Å². The number of nitrogens with zero attached hydrogens (tertiary/aromatic N) is 2. The zero-order valence-electron chi connectivity index (χ0n) is 24.3. The molecule has 0 fully saturated rings. The van der Waals surface area contributed by atoms with Crippen molar-refractivity contribution in [2.45, 2.75) is 126 Å². The van der Waals surface area contributed by atoms with Gasteiger partial charge in [0.2, 0.25) is 0 Å². The number of aromatic nitrogens is 2. The molecule has 1 heterocycles. The van der Waals surface area contributed by atoms with Crippen LogP contribution in [-0.4, -0.2) is 35.5 Å².